The van der Waals surface area contributed by atoms with Crippen LogP contribution >= 0.6 is 15.9 Å². The van der Waals surface area contributed by atoms with Crippen molar-refractivity contribution in [2.75, 3.05) is 11.9 Å². The van der Waals surface area contributed by atoms with Gasteiger partial charge in [0, 0.05) is 18.3 Å². The lowest BCUT2D eigenvalue weighted by Gasteiger charge is -2.21. The Morgan fingerprint density at radius 2 is 1.94 bits per heavy atom. The summed E-state index contributed by atoms with van der Waals surface area (Å²) in [4.78, 5) is 11.7. The van der Waals surface area contributed by atoms with E-state index in [0.717, 1.165) is 11.8 Å². The van der Waals surface area contributed by atoms with Gasteiger partial charge in [-0.05, 0) is 17.4 Å². The maximum absolute atomic E-state index is 11.7. The van der Waals surface area contributed by atoms with Crippen LogP contribution in [0.3, 0.4) is 0 Å². The van der Waals surface area contributed by atoms with E-state index in [1.807, 2.05) is 18.2 Å². The first-order chi connectivity index (χ1) is 8.03. The molecule has 0 bridgehead atoms. The molecule has 0 aliphatic carbocycles. The normalized spacial score (nSPS) is 11.2. The fraction of sp³-hybridized carbons (Fsp3) is 0.500. The molecule has 0 heterocycles. The van der Waals surface area contributed by atoms with Gasteiger partial charge in [-0.3, -0.25) is 4.79 Å². The number of amides is 1. The minimum atomic E-state index is 0.113. The summed E-state index contributed by atoms with van der Waals surface area (Å²) in [5, 5.41) is 3.86. The third-order valence-corrected chi connectivity index (χ3v) is 4.13. The number of aryl methyl sites for hydroxylation is 1. The van der Waals surface area contributed by atoms with Gasteiger partial charge in [-0.1, -0.05) is 60.1 Å². The summed E-state index contributed by atoms with van der Waals surface area (Å²) >= 11 is 3.45. The second-order valence-electron chi connectivity index (χ2n) is 5.06. The van der Waals surface area contributed by atoms with Gasteiger partial charge in [-0.25, -0.2) is 0 Å². The fourth-order valence-electron chi connectivity index (χ4n) is 1.38. The summed E-state index contributed by atoms with van der Waals surface area (Å²) in [6.07, 6.45) is 1.36. The van der Waals surface area contributed by atoms with Crippen LogP contribution in [0, 0.1) is 5.41 Å². The molecule has 1 amide bonds. The quantitative estimate of drug-likeness (QED) is 0.803. The van der Waals surface area contributed by atoms with Crippen molar-refractivity contribution in [2.24, 2.45) is 5.41 Å². The topological polar surface area (TPSA) is 29.1 Å². The van der Waals surface area contributed by atoms with Crippen LogP contribution in [0.15, 0.2) is 30.3 Å². The molecule has 0 saturated heterocycles. The first-order valence-electron chi connectivity index (χ1n) is 5.90. The number of alkyl halides is 1. The van der Waals surface area contributed by atoms with Crippen LogP contribution in [-0.2, 0) is 11.2 Å². The first kappa shape index (κ1) is 14.2. The molecule has 0 atom stereocenters. The molecule has 0 aliphatic rings. The number of benzene rings is 1. The maximum Gasteiger partial charge on any atom is 0.220 e. The minimum absolute atomic E-state index is 0.113. The number of hydrogen-bond acceptors (Lipinski definition) is 1. The number of rotatable bonds is 6. The zero-order valence-corrected chi connectivity index (χ0v) is 12.1. The molecular weight excluding hydrogens is 278 g/mol. The summed E-state index contributed by atoms with van der Waals surface area (Å²) in [7, 11) is 0. The molecular formula is C14H20BrNO. The number of carbonyl (C=O) groups is 1. The van der Waals surface area contributed by atoms with E-state index < -0.39 is 0 Å². The third-order valence-electron chi connectivity index (χ3n) is 2.61. The van der Waals surface area contributed by atoms with Crippen LogP contribution in [-0.4, -0.2) is 17.8 Å². The number of halogens is 1. The predicted molar refractivity (Wildman–Crippen MR) is 75.3 cm³/mol. The molecule has 2 nitrogen and oxygen atoms in total. The second kappa shape index (κ2) is 6.80. The summed E-state index contributed by atoms with van der Waals surface area (Å²) in [6, 6.07) is 10.1. The Balaban J connectivity index is 2.27. The van der Waals surface area contributed by atoms with E-state index >= 15 is 0 Å². The van der Waals surface area contributed by atoms with Gasteiger partial charge in [0.05, 0.1) is 0 Å². The number of carbonyl (C=O) groups excluding carboxylic acids is 1. The van der Waals surface area contributed by atoms with Gasteiger partial charge in [-0.15, -0.1) is 0 Å². The Hall–Kier alpha value is -0.830. The van der Waals surface area contributed by atoms with Gasteiger partial charge in [-0.2, -0.15) is 0 Å². The van der Waals surface area contributed by atoms with E-state index in [2.05, 4.69) is 47.2 Å². The Bertz CT molecular complexity index is 348. The molecule has 0 aromatic heterocycles. The van der Waals surface area contributed by atoms with Gasteiger partial charge in [0.25, 0.3) is 0 Å². The molecule has 0 spiro atoms. The first-order valence-corrected chi connectivity index (χ1v) is 7.02. The SMILES string of the molecule is CC(C)(CBr)CNC(=O)CCc1ccccc1. The Kier molecular flexibility index (Phi) is 5.69. The van der Waals surface area contributed by atoms with Gasteiger partial charge in [0.1, 0.15) is 0 Å². The molecule has 17 heavy (non-hydrogen) atoms. The summed E-state index contributed by atoms with van der Waals surface area (Å²) in [6.45, 7) is 4.96. The zero-order chi connectivity index (χ0) is 12.7. The van der Waals surface area contributed by atoms with Crippen molar-refractivity contribution >= 4 is 21.8 Å². The minimum Gasteiger partial charge on any atom is -0.356 e. The molecule has 1 aromatic rings. The molecule has 1 N–H and O–H groups in total. The molecule has 3 heteroatoms. The van der Waals surface area contributed by atoms with E-state index in [4.69, 9.17) is 0 Å². The summed E-state index contributed by atoms with van der Waals surface area (Å²) in [5.41, 5.74) is 1.32. The highest BCUT2D eigenvalue weighted by molar-refractivity contribution is 9.09. The van der Waals surface area contributed by atoms with E-state index in [1.54, 1.807) is 0 Å². The van der Waals surface area contributed by atoms with Crippen LogP contribution in [0.25, 0.3) is 0 Å². The summed E-state index contributed by atoms with van der Waals surface area (Å²) < 4.78 is 0. The molecule has 0 unspecified atom stereocenters. The van der Waals surface area contributed by atoms with Crippen LogP contribution < -0.4 is 5.32 Å². The largest absolute Gasteiger partial charge is 0.356 e. The van der Waals surface area contributed by atoms with Crippen LogP contribution in [0.4, 0.5) is 0 Å². The third kappa shape index (κ3) is 5.87. The molecule has 1 rings (SSSR count). The lowest BCUT2D eigenvalue weighted by atomic mass is 9.97. The lowest BCUT2D eigenvalue weighted by molar-refractivity contribution is -0.121. The van der Waals surface area contributed by atoms with Gasteiger partial charge in [0.15, 0.2) is 0 Å². The highest BCUT2D eigenvalue weighted by Crippen LogP contribution is 2.16. The fourth-order valence-corrected chi connectivity index (χ4v) is 1.57. The van der Waals surface area contributed by atoms with Crippen molar-refractivity contribution < 1.29 is 4.79 Å². The lowest BCUT2D eigenvalue weighted by Crippen LogP contribution is -2.34. The van der Waals surface area contributed by atoms with E-state index in [-0.39, 0.29) is 11.3 Å². The average molecular weight is 298 g/mol. The number of hydrogen-bond donors (Lipinski definition) is 1. The Morgan fingerprint density at radius 3 is 2.53 bits per heavy atom. The second-order valence-corrected chi connectivity index (χ2v) is 5.62. The van der Waals surface area contributed by atoms with E-state index in [0.29, 0.717) is 13.0 Å². The Labute approximate surface area is 112 Å². The van der Waals surface area contributed by atoms with Crippen molar-refractivity contribution in [3.05, 3.63) is 35.9 Å². The predicted octanol–water partition coefficient (Wildman–Crippen LogP) is 3.16. The van der Waals surface area contributed by atoms with Gasteiger partial charge >= 0.3 is 0 Å². The number of nitrogens with one attached hydrogen (secondary N) is 1. The molecule has 0 saturated carbocycles. The van der Waals surface area contributed by atoms with Crippen LogP contribution in [0.2, 0.25) is 0 Å². The highest BCUT2D eigenvalue weighted by atomic mass is 79.9. The van der Waals surface area contributed by atoms with E-state index in [9.17, 15) is 4.79 Å². The van der Waals surface area contributed by atoms with Crippen LogP contribution in [0.1, 0.15) is 25.8 Å². The molecule has 0 aliphatic heterocycles. The smallest absolute Gasteiger partial charge is 0.220 e. The highest BCUT2D eigenvalue weighted by Gasteiger charge is 2.16. The van der Waals surface area contributed by atoms with Crippen molar-refractivity contribution in [3.63, 3.8) is 0 Å². The summed E-state index contributed by atoms with van der Waals surface area (Å²) in [5.74, 6) is 0.128. The molecule has 0 fully saturated rings. The standard InChI is InChI=1S/C14H20BrNO/c1-14(2,10-15)11-16-13(17)9-8-12-6-4-3-5-7-12/h3-7H,8-11H2,1-2H3,(H,16,17). The monoisotopic (exact) mass is 297 g/mol. The molecule has 94 valence electrons. The molecule has 0 radical (unpaired) electrons. The van der Waals surface area contributed by atoms with Crippen molar-refractivity contribution in [1.29, 1.82) is 0 Å². The molecule has 1 aromatic carbocycles. The van der Waals surface area contributed by atoms with E-state index in [1.165, 1.54) is 5.56 Å². The van der Waals surface area contributed by atoms with Gasteiger partial charge in [0.2, 0.25) is 5.91 Å². The van der Waals surface area contributed by atoms with Gasteiger partial charge < -0.3 is 5.32 Å². The van der Waals surface area contributed by atoms with Crippen molar-refractivity contribution in [3.8, 4) is 0 Å². The van der Waals surface area contributed by atoms with Crippen molar-refractivity contribution in [2.45, 2.75) is 26.7 Å². The Morgan fingerprint density at radius 1 is 1.29 bits per heavy atom. The maximum atomic E-state index is 11.7. The zero-order valence-electron chi connectivity index (χ0n) is 10.5. The van der Waals surface area contributed by atoms with Crippen LogP contribution in [0.5, 0.6) is 0 Å². The van der Waals surface area contributed by atoms with Crippen molar-refractivity contribution in [1.82, 2.24) is 5.32 Å². The average Bonchev–Trinajstić information content (AvgIpc) is 2.35.